The lowest BCUT2D eigenvalue weighted by Gasteiger charge is -2.16. The summed E-state index contributed by atoms with van der Waals surface area (Å²) in [6, 6.07) is 2.11. The number of nitrogens with zero attached hydrogens (tertiary/aromatic N) is 2. The van der Waals surface area contributed by atoms with E-state index in [1.807, 2.05) is 0 Å². The molecule has 2 N–H and O–H groups in total. The Bertz CT molecular complexity index is 387. The molecule has 0 spiro atoms. The lowest BCUT2D eigenvalue weighted by atomic mass is 10.3. The maximum Gasteiger partial charge on any atom is 0.191 e. The van der Waals surface area contributed by atoms with Crippen molar-refractivity contribution in [3.05, 3.63) is 22.4 Å². The van der Waals surface area contributed by atoms with Crippen molar-refractivity contribution in [2.24, 2.45) is 4.99 Å². The summed E-state index contributed by atoms with van der Waals surface area (Å²) >= 11 is 1.71. The summed E-state index contributed by atoms with van der Waals surface area (Å²) in [7, 11) is 3.86. The van der Waals surface area contributed by atoms with Crippen LogP contribution in [0.3, 0.4) is 0 Å². The molecule has 1 aromatic heterocycles. The first kappa shape index (κ1) is 21.6. The van der Waals surface area contributed by atoms with Crippen LogP contribution in [0.2, 0.25) is 0 Å². The van der Waals surface area contributed by atoms with Gasteiger partial charge in [-0.15, -0.1) is 24.0 Å². The molecular weight excluding hydrogens is 411 g/mol. The molecule has 0 saturated heterocycles. The summed E-state index contributed by atoms with van der Waals surface area (Å²) in [5, 5.41) is 10.9. The van der Waals surface area contributed by atoms with Gasteiger partial charge in [-0.1, -0.05) is 0 Å². The van der Waals surface area contributed by atoms with Crippen LogP contribution >= 0.6 is 35.3 Å². The fraction of sp³-hybridized carbons (Fsp3) is 0.667. The summed E-state index contributed by atoms with van der Waals surface area (Å²) in [4.78, 5) is 6.87. The Hall–Kier alpha value is -0.380. The van der Waals surface area contributed by atoms with E-state index in [0.29, 0.717) is 0 Å². The normalized spacial score (nSPS) is 11.4. The molecule has 0 bridgehead atoms. The minimum absolute atomic E-state index is 0. The number of aliphatic imine (C=N–C) groups is 1. The zero-order chi connectivity index (χ0) is 15.3. The second-order valence-electron chi connectivity index (χ2n) is 4.90. The molecule has 22 heavy (non-hydrogen) atoms. The molecule has 0 aromatic carbocycles. The molecule has 0 atom stereocenters. The standard InChI is InChI=1S/C15H28N4OS.HI/c1-4-16-15(18-12-14-6-11-21-13-14)17-7-5-8-19(2)9-10-20-3;/h6,11,13H,4-5,7-10,12H2,1-3H3,(H2,16,17,18);1H. The maximum absolute atomic E-state index is 5.07. The minimum Gasteiger partial charge on any atom is -0.383 e. The van der Waals surface area contributed by atoms with E-state index in [9.17, 15) is 0 Å². The summed E-state index contributed by atoms with van der Waals surface area (Å²) in [6.45, 7) is 7.43. The maximum atomic E-state index is 5.07. The summed E-state index contributed by atoms with van der Waals surface area (Å²) in [5.74, 6) is 0.892. The molecule has 0 amide bonds. The quantitative estimate of drug-likeness (QED) is 0.254. The number of likely N-dealkylation sites (N-methyl/N-ethyl adjacent to an activating group) is 1. The number of nitrogens with one attached hydrogen (secondary N) is 2. The molecule has 0 fully saturated rings. The van der Waals surface area contributed by atoms with E-state index < -0.39 is 0 Å². The second kappa shape index (κ2) is 14.2. The van der Waals surface area contributed by atoms with Crippen LogP contribution in [0.4, 0.5) is 0 Å². The smallest absolute Gasteiger partial charge is 0.191 e. The van der Waals surface area contributed by atoms with E-state index in [1.165, 1.54) is 5.56 Å². The molecule has 1 rings (SSSR count). The zero-order valence-electron chi connectivity index (χ0n) is 13.8. The SMILES string of the molecule is CCNC(=NCc1ccsc1)NCCCN(C)CCOC.I. The Kier molecular flexibility index (Phi) is 14.0. The Morgan fingerprint density at radius 1 is 1.36 bits per heavy atom. The van der Waals surface area contributed by atoms with Gasteiger partial charge in [0.05, 0.1) is 13.2 Å². The Balaban J connectivity index is 0.00000441. The van der Waals surface area contributed by atoms with E-state index in [0.717, 1.165) is 51.7 Å². The molecule has 0 aliphatic rings. The third kappa shape index (κ3) is 10.4. The average molecular weight is 440 g/mol. The van der Waals surface area contributed by atoms with Crippen LogP contribution in [0, 0.1) is 0 Å². The van der Waals surface area contributed by atoms with E-state index in [1.54, 1.807) is 18.4 Å². The predicted octanol–water partition coefficient (Wildman–Crippen LogP) is 2.39. The van der Waals surface area contributed by atoms with E-state index in [4.69, 9.17) is 4.74 Å². The van der Waals surface area contributed by atoms with Gasteiger partial charge in [-0.25, -0.2) is 4.99 Å². The Labute approximate surface area is 155 Å². The Morgan fingerprint density at radius 2 is 2.18 bits per heavy atom. The van der Waals surface area contributed by atoms with Crippen LogP contribution < -0.4 is 10.6 Å². The van der Waals surface area contributed by atoms with Crippen molar-refractivity contribution >= 4 is 41.3 Å². The molecule has 1 aromatic rings. The summed E-state index contributed by atoms with van der Waals surface area (Å²) in [6.07, 6.45) is 1.09. The van der Waals surface area contributed by atoms with Crippen LogP contribution in [0.15, 0.2) is 21.8 Å². The van der Waals surface area contributed by atoms with Gasteiger partial charge in [0, 0.05) is 26.7 Å². The Morgan fingerprint density at radius 3 is 2.82 bits per heavy atom. The number of guanidine groups is 1. The number of thiophene rings is 1. The predicted molar refractivity (Wildman–Crippen MR) is 107 cm³/mol. The summed E-state index contributed by atoms with van der Waals surface area (Å²) < 4.78 is 5.07. The molecule has 128 valence electrons. The van der Waals surface area contributed by atoms with Crippen molar-refractivity contribution in [3.63, 3.8) is 0 Å². The van der Waals surface area contributed by atoms with E-state index in [2.05, 4.69) is 51.3 Å². The van der Waals surface area contributed by atoms with Gasteiger partial charge in [0.15, 0.2) is 5.96 Å². The van der Waals surface area contributed by atoms with Crippen molar-refractivity contribution in [2.45, 2.75) is 19.9 Å². The number of hydrogen-bond donors (Lipinski definition) is 2. The second-order valence-corrected chi connectivity index (χ2v) is 5.68. The van der Waals surface area contributed by atoms with Gasteiger partial charge >= 0.3 is 0 Å². The molecule has 5 nitrogen and oxygen atoms in total. The third-order valence-electron chi connectivity index (χ3n) is 3.03. The fourth-order valence-corrected chi connectivity index (χ4v) is 2.47. The zero-order valence-corrected chi connectivity index (χ0v) is 16.9. The molecule has 7 heteroatoms. The summed E-state index contributed by atoms with van der Waals surface area (Å²) in [5.41, 5.74) is 1.26. The molecular formula is C15H29IN4OS. The monoisotopic (exact) mass is 440 g/mol. The van der Waals surface area contributed by atoms with Gasteiger partial charge in [0.2, 0.25) is 0 Å². The first-order valence-corrected chi connectivity index (χ1v) is 8.41. The lowest BCUT2D eigenvalue weighted by molar-refractivity contribution is 0.161. The van der Waals surface area contributed by atoms with Crippen LogP contribution in [0.1, 0.15) is 18.9 Å². The number of rotatable bonds is 10. The highest BCUT2D eigenvalue weighted by Crippen LogP contribution is 2.06. The van der Waals surface area contributed by atoms with Crippen LogP contribution in [0.25, 0.3) is 0 Å². The van der Waals surface area contributed by atoms with Gasteiger partial charge in [-0.2, -0.15) is 11.3 Å². The number of hydrogen-bond acceptors (Lipinski definition) is 4. The van der Waals surface area contributed by atoms with E-state index in [-0.39, 0.29) is 24.0 Å². The fourth-order valence-electron chi connectivity index (χ4n) is 1.81. The minimum atomic E-state index is 0. The number of methoxy groups -OCH3 is 1. The topological polar surface area (TPSA) is 48.9 Å². The van der Waals surface area contributed by atoms with Crippen molar-refractivity contribution in [2.75, 3.05) is 46.9 Å². The van der Waals surface area contributed by atoms with Crippen molar-refractivity contribution < 1.29 is 4.74 Å². The van der Waals surface area contributed by atoms with Gasteiger partial charge in [0.1, 0.15) is 0 Å². The van der Waals surface area contributed by atoms with Crippen LogP contribution in [-0.2, 0) is 11.3 Å². The molecule has 0 unspecified atom stereocenters. The van der Waals surface area contributed by atoms with Gasteiger partial charge in [-0.05, 0) is 49.3 Å². The molecule has 1 heterocycles. The van der Waals surface area contributed by atoms with Crippen LogP contribution in [0.5, 0.6) is 0 Å². The first-order chi connectivity index (χ1) is 10.3. The van der Waals surface area contributed by atoms with E-state index >= 15 is 0 Å². The average Bonchev–Trinajstić information content (AvgIpc) is 3.00. The third-order valence-corrected chi connectivity index (χ3v) is 3.76. The molecule has 0 aliphatic heterocycles. The van der Waals surface area contributed by atoms with Gasteiger partial charge in [-0.3, -0.25) is 0 Å². The number of ether oxygens (including phenoxy) is 1. The molecule has 0 radical (unpaired) electrons. The lowest BCUT2D eigenvalue weighted by Crippen LogP contribution is -2.38. The molecule has 0 saturated carbocycles. The largest absolute Gasteiger partial charge is 0.383 e. The molecule has 0 aliphatic carbocycles. The van der Waals surface area contributed by atoms with Gasteiger partial charge < -0.3 is 20.3 Å². The van der Waals surface area contributed by atoms with Crippen molar-refractivity contribution in [1.29, 1.82) is 0 Å². The van der Waals surface area contributed by atoms with Crippen molar-refractivity contribution in [3.8, 4) is 0 Å². The number of halogens is 1. The van der Waals surface area contributed by atoms with Crippen molar-refractivity contribution in [1.82, 2.24) is 15.5 Å². The first-order valence-electron chi connectivity index (χ1n) is 7.47. The van der Waals surface area contributed by atoms with Crippen LogP contribution in [-0.4, -0.2) is 57.8 Å². The highest BCUT2D eigenvalue weighted by molar-refractivity contribution is 14.0. The van der Waals surface area contributed by atoms with Gasteiger partial charge in [0.25, 0.3) is 0 Å². The highest BCUT2D eigenvalue weighted by atomic mass is 127. The highest BCUT2D eigenvalue weighted by Gasteiger charge is 2.00.